The Morgan fingerprint density at radius 1 is 1.33 bits per heavy atom. The largest absolute Gasteiger partial charge is 0.367 e. The van der Waals surface area contributed by atoms with E-state index in [0.29, 0.717) is 12.8 Å². The lowest BCUT2D eigenvalue weighted by atomic mass is 9.93. The second-order valence-corrected chi connectivity index (χ2v) is 7.70. The van der Waals surface area contributed by atoms with Gasteiger partial charge in [-0.3, -0.25) is 0 Å². The Kier molecular flexibility index (Phi) is 3.64. The van der Waals surface area contributed by atoms with Crippen molar-refractivity contribution in [3.63, 3.8) is 0 Å². The van der Waals surface area contributed by atoms with Crippen LogP contribution in [0.2, 0.25) is 0 Å². The van der Waals surface area contributed by atoms with E-state index < -0.39 is 15.4 Å². The predicted octanol–water partition coefficient (Wildman–Crippen LogP) is 2.33. The second-order valence-electron chi connectivity index (χ2n) is 4.48. The number of hydrogen-bond donors (Lipinski definition) is 1. The summed E-state index contributed by atoms with van der Waals surface area (Å²) in [6, 6.07) is 9.75. The molecule has 1 aromatic carbocycles. The summed E-state index contributed by atoms with van der Waals surface area (Å²) in [5.74, 6) is 0.142. The number of halogens is 1. The predicted molar refractivity (Wildman–Crippen MR) is 74.0 cm³/mol. The van der Waals surface area contributed by atoms with Crippen molar-refractivity contribution in [2.75, 3.05) is 16.8 Å². The molecule has 0 unspecified atom stereocenters. The van der Waals surface area contributed by atoms with Crippen LogP contribution in [0.15, 0.2) is 28.7 Å². The molecule has 4 nitrogen and oxygen atoms in total. The van der Waals surface area contributed by atoms with Crippen LogP contribution in [0.3, 0.4) is 0 Å². The van der Waals surface area contributed by atoms with E-state index in [1.165, 1.54) is 0 Å². The first-order valence-electron chi connectivity index (χ1n) is 5.60. The molecule has 0 bridgehead atoms. The van der Waals surface area contributed by atoms with Crippen molar-refractivity contribution >= 4 is 31.5 Å². The van der Waals surface area contributed by atoms with Gasteiger partial charge in [0, 0.05) is 10.2 Å². The van der Waals surface area contributed by atoms with Crippen LogP contribution in [0.25, 0.3) is 0 Å². The molecule has 0 aliphatic carbocycles. The van der Waals surface area contributed by atoms with Gasteiger partial charge in [0.05, 0.1) is 17.6 Å². The molecule has 0 radical (unpaired) electrons. The van der Waals surface area contributed by atoms with Gasteiger partial charge in [0.15, 0.2) is 9.84 Å². The van der Waals surface area contributed by atoms with Crippen LogP contribution in [0, 0.1) is 11.3 Å². The highest BCUT2D eigenvalue weighted by Crippen LogP contribution is 2.28. The summed E-state index contributed by atoms with van der Waals surface area (Å²) in [4.78, 5) is 0. The lowest BCUT2D eigenvalue weighted by Gasteiger charge is -2.32. The van der Waals surface area contributed by atoms with Gasteiger partial charge in [-0.05, 0) is 31.0 Å². The Morgan fingerprint density at radius 2 is 2.00 bits per heavy atom. The number of sulfone groups is 1. The van der Waals surface area contributed by atoms with Crippen molar-refractivity contribution in [2.45, 2.75) is 18.4 Å². The highest BCUT2D eigenvalue weighted by molar-refractivity contribution is 9.10. The number of hydrogen-bond acceptors (Lipinski definition) is 4. The van der Waals surface area contributed by atoms with E-state index >= 15 is 0 Å². The molecule has 1 aliphatic heterocycles. The molecule has 6 heteroatoms. The van der Waals surface area contributed by atoms with Crippen LogP contribution < -0.4 is 5.32 Å². The van der Waals surface area contributed by atoms with Gasteiger partial charge in [-0.25, -0.2) is 8.42 Å². The molecule has 0 atom stereocenters. The number of nitrogens with zero attached hydrogens (tertiary/aromatic N) is 1. The van der Waals surface area contributed by atoms with E-state index in [9.17, 15) is 13.7 Å². The van der Waals surface area contributed by atoms with Crippen molar-refractivity contribution in [3.05, 3.63) is 28.7 Å². The van der Waals surface area contributed by atoms with E-state index in [2.05, 4.69) is 27.3 Å². The average Bonchev–Trinajstić information content (AvgIpc) is 2.33. The molecular weight excluding hydrogens is 316 g/mol. The van der Waals surface area contributed by atoms with Crippen LogP contribution in [0.1, 0.15) is 12.8 Å². The lowest BCUT2D eigenvalue weighted by Crippen LogP contribution is -2.44. The Bertz CT molecular complexity index is 578. The first-order chi connectivity index (χ1) is 8.45. The quantitative estimate of drug-likeness (QED) is 0.904. The molecule has 18 heavy (non-hydrogen) atoms. The summed E-state index contributed by atoms with van der Waals surface area (Å²) in [6.45, 7) is 0. The van der Waals surface area contributed by atoms with Gasteiger partial charge in [-0.15, -0.1) is 0 Å². The van der Waals surface area contributed by atoms with E-state index in [-0.39, 0.29) is 11.5 Å². The number of benzene rings is 1. The molecule has 96 valence electrons. The first kappa shape index (κ1) is 13.4. The van der Waals surface area contributed by atoms with Gasteiger partial charge >= 0.3 is 0 Å². The third-order valence-electron chi connectivity index (χ3n) is 3.10. The zero-order chi connectivity index (χ0) is 13.2. The summed E-state index contributed by atoms with van der Waals surface area (Å²) >= 11 is 3.37. The molecule has 1 saturated heterocycles. The van der Waals surface area contributed by atoms with Crippen molar-refractivity contribution in [1.82, 2.24) is 0 Å². The third-order valence-corrected chi connectivity index (χ3v) is 5.25. The Labute approximate surface area is 115 Å². The standard InChI is InChI=1S/C12H13BrN2O2S/c13-10-2-1-3-11(8-10)15-12(9-14)4-6-18(16,17)7-5-12/h1-3,8,15H,4-7H2. The maximum absolute atomic E-state index is 11.4. The molecular formula is C12H13BrN2O2S. The summed E-state index contributed by atoms with van der Waals surface area (Å²) < 4.78 is 23.8. The summed E-state index contributed by atoms with van der Waals surface area (Å²) in [5.41, 5.74) is 0.0526. The highest BCUT2D eigenvalue weighted by atomic mass is 79.9. The second kappa shape index (κ2) is 4.90. The average molecular weight is 329 g/mol. The number of anilines is 1. The fourth-order valence-corrected chi connectivity index (χ4v) is 3.92. The molecule has 1 N–H and O–H groups in total. The molecule has 1 aliphatic rings. The van der Waals surface area contributed by atoms with E-state index in [1.54, 1.807) is 0 Å². The summed E-state index contributed by atoms with van der Waals surface area (Å²) in [7, 11) is -2.96. The molecule has 0 aromatic heterocycles. The van der Waals surface area contributed by atoms with Gasteiger partial charge in [0.2, 0.25) is 0 Å². The van der Waals surface area contributed by atoms with Gasteiger partial charge in [-0.2, -0.15) is 5.26 Å². The van der Waals surface area contributed by atoms with Gasteiger partial charge in [0.25, 0.3) is 0 Å². The summed E-state index contributed by atoms with van der Waals surface area (Å²) in [6.07, 6.45) is 0.663. The smallest absolute Gasteiger partial charge is 0.150 e. The minimum atomic E-state index is -2.96. The van der Waals surface area contributed by atoms with Crippen LogP contribution in [-0.4, -0.2) is 25.5 Å². The molecule has 1 heterocycles. The highest BCUT2D eigenvalue weighted by Gasteiger charge is 2.37. The fraction of sp³-hybridized carbons (Fsp3) is 0.417. The van der Waals surface area contributed by atoms with Gasteiger partial charge in [-0.1, -0.05) is 22.0 Å². The SMILES string of the molecule is N#CC1(Nc2cccc(Br)c2)CCS(=O)(=O)CC1. The number of nitriles is 1. The number of nitrogens with one attached hydrogen (secondary N) is 1. The van der Waals surface area contributed by atoms with Crippen LogP contribution in [0.5, 0.6) is 0 Å². The third kappa shape index (κ3) is 3.03. The van der Waals surface area contributed by atoms with E-state index in [1.807, 2.05) is 24.3 Å². The summed E-state index contributed by atoms with van der Waals surface area (Å²) in [5, 5.41) is 12.5. The van der Waals surface area contributed by atoms with Gasteiger partial charge < -0.3 is 5.32 Å². The van der Waals surface area contributed by atoms with Crippen molar-refractivity contribution < 1.29 is 8.42 Å². The number of rotatable bonds is 2. The maximum Gasteiger partial charge on any atom is 0.150 e. The van der Waals surface area contributed by atoms with Crippen LogP contribution in [0.4, 0.5) is 5.69 Å². The zero-order valence-corrected chi connectivity index (χ0v) is 12.1. The van der Waals surface area contributed by atoms with E-state index in [0.717, 1.165) is 10.2 Å². The van der Waals surface area contributed by atoms with Crippen molar-refractivity contribution in [2.24, 2.45) is 0 Å². The molecule has 0 spiro atoms. The van der Waals surface area contributed by atoms with Crippen molar-refractivity contribution in [3.8, 4) is 6.07 Å². The van der Waals surface area contributed by atoms with Crippen LogP contribution in [-0.2, 0) is 9.84 Å². The minimum absolute atomic E-state index is 0.0710. The molecule has 0 amide bonds. The first-order valence-corrected chi connectivity index (χ1v) is 8.22. The van der Waals surface area contributed by atoms with Gasteiger partial charge in [0.1, 0.15) is 5.54 Å². The van der Waals surface area contributed by atoms with E-state index in [4.69, 9.17) is 0 Å². The van der Waals surface area contributed by atoms with Crippen LogP contribution >= 0.6 is 15.9 Å². The zero-order valence-electron chi connectivity index (χ0n) is 9.69. The monoisotopic (exact) mass is 328 g/mol. The Morgan fingerprint density at radius 3 is 2.56 bits per heavy atom. The Hall–Kier alpha value is -1.06. The van der Waals surface area contributed by atoms with Crippen molar-refractivity contribution in [1.29, 1.82) is 5.26 Å². The lowest BCUT2D eigenvalue weighted by molar-refractivity contribution is 0.505. The minimum Gasteiger partial charge on any atom is -0.367 e. The maximum atomic E-state index is 11.4. The molecule has 1 aromatic rings. The normalized spacial score (nSPS) is 20.9. The molecule has 0 saturated carbocycles. The topological polar surface area (TPSA) is 70.0 Å². The molecule has 1 fully saturated rings. The Balaban J connectivity index is 2.18. The molecule has 2 rings (SSSR count). The fourth-order valence-electron chi connectivity index (χ4n) is 1.99.